The highest BCUT2D eigenvalue weighted by Gasteiger charge is 2.41. The van der Waals surface area contributed by atoms with Crippen LogP contribution in [-0.2, 0) is 4.79 Å². The van der Waals surface area contributed by atoms with Gasteiger partial charge in [0.25, 0.3) is 17.4 Å². The molecule has 2 aromatic rings. The molecule has 3 atom stereocenters. The Balaban J connectivity index is 1.45. The first-order chi connectivity index (χ1) is 14.5. The van der Waals surface area contributed by atoms with Crippen molar-refractivity contribution in [1.29, 1.82) is 0 Å². The summed E-state index contributed by atoms with van der Waals surface area (Å²) in [5.41, 5.74) is 2.26. The molecule has 1 aromatic heterocycles. The minimum Gasteiger partial charge on any atom is -0.482 e. The van der Waals surface area contributed by atoms with Crippen LogP contribution in [0, 0.1) is 5.92 Å². The van der Waals surface area contributed by atoms with Crippen molar-refractivity contribution in [1.82, 2.24) is 9.47 Å². The fraction of sp³-hybridized carbons (Fsp3) is 0.435. The van der Waals surface area contributed by atoms with Gasteiger partial charge >= 0.3 is 0 Å². The second-order valence-corrected chi connectivity index (χ2v) is 8.47. The van der Waals surface area contributed by atoms with Gasteiger partial charge in [-0.25, -0.2) is 0 Å². The van der Waals surface area contributed by atoms with E-state index < -0.39 is 0 Å². The van der Waals surface area contributed by atoms with Gasteiger partial charge in [0.2, 0.25) is 0 Å². The van der Waals surface area contributed by atoms with Crippen molar-refractivity contribution in [3.8, 4) is 5.75 Å². The second-order valence-electron chi connectivity index (χ2n) is 8.47. The molecule has 0 spiro atoms. The number of piperidine rings is 1. The van der Waals surface area contributed by atoms with Crippen molar-refractivity contribution in [2.45, 2.75) is 38.1 Å². The van der Waals surface area contributed by atoms with E-state index >= 15 is 0 Å². The van der Waals surface area contributed by atoms with Crippen molar-refractivity contribution in [3.05, 3.63) is 58.0 Å². The summed E-state index contributed by atoms with van der Waals surface area (Å²) in [5, 5.41) is 2.75. The lowest BCUT2D eigenvalue weighted by molar-refractivity contribution is -0.118. The van der Waals surface area contributed by atoms with E-state index in [1.165, 1.54) is 0 Å². The van der Waals surface area contributed by atoms with Crippen molar-refractivity contribution in [2.24, 2.45) is 5.92 Å². The van der Waals surface area contributed by atoms with Gasteiger partial charge in [0, 0.05) is 42.4 Å². The molecule has 7 heteroatoms. The minimum absolute atomic E-state index is 0.0324. The van der Waals surface area contributed by atoms with Crippen LogP contribution in [0.4, 0.5) is 5.69 Å². The molecule has 0 radical (unpaired) electrons. The largest absolute Gasteiger partial charge is 0.482 e. The fourth-order valence-corrected chi connectivity index (χ4v) is 5.26. The van der Waals surface area contributed by atoms with Crippen molar-refractivity contribution < 1.29 is 14.3 Å². The molecule has 1 aromatic carbocycles. The summed E-state index contributed by atoms with van der Waals surface area (Å²) in [6.07, 6.45) is 2.94. The van der Waals surface area contributed by atoms with Crippen LogP contribution in [0.5, 0.6) is 5.75 Å². The molecule has 2 bridgehead atoms. The van der Waals surface area contributed by atoms with E-state index in [1.54, 1.807) is 24.3 Å². The molecule has 1 saturated heterocycles. The molecule has 3 aliphatic rings. The number of carbonyl (C=O) groups excluding carboxylic acids is 2. The molecule has 4 heterocycles. The molecule has 1 fully saturated rings. The summed E-state index contributed by atoms with van der Waals surface area (Å²) < 4.78 is 7.46. The highest BCUT2D eigenvalue weighted by atomic mass is 16.5. The lowest BCUT2D eigenvalue weighted by Crippen LogP contribution is -2.51. The highest BCUT2D eigenvalue weighted by molar-refractivity contribution is 5.99. The van der Waals surface area contributed by atoms with Gasteiger partial charge in [-0.2, -0.15) is 0 Å². The number of nitrogens with zero attached hydrogens (tertiary/aromatic N) is 2. The number of ether oxygens (including phenoxy) is 1. The van der Waals surface area contributed by atoms with Crippen LogP contribution in [0.2, 0.25) is 0 Å². The standard InChI is InChI=1S/C23H25N3O4/c1-2-4-18-15-9-16(19-5-3-6-22(28)26(18)19)12-25(11-15)23(29)14-7-8-17-20(10-14)30-13-21(27)24-17/h3,5-8,10,15-16,18H,2,4,9,11-13H2,1H3,(H,24,27)/t15-,16+,18-/m0/s1. The lowest BCUT2D eigenvalue weighted by Gasteiger charge is -2.47. The zero-order chi connectivity index (χ0) is 20.8. The highest BCUT2D eigenvalue weighted by Crippen LogP contribution is 2.43. The Morgan fingerprint density at radius 2 is 2.07 bits per heavy atom. The Kier molecular flexibility index (Phi) is 4.60. The van der Waals surface area contributed by atoms with Gasteiger partial charge in [0.1, 0.15) is 5.75 Å². The van der Waals surface area contributed by atoms with Gasteiger partial charge in [0.15, 0.2) is 6.61 Å². The first kappa shape index (κ1) is 18.9. The number of likely N-dealkylation sites (tertiary alicyclic amines) is 1. The molecule has 30 heavy (non-hydrogen) atoms. The average molecular weight is 407 g/mol. The number of aromatic nitrogens is 1. The van der Waals surface area contributed by atoms with Crippen LogP contribution >= 0.6 is 0 Å². The maximum atomic E-state index is 13.3. The topological polar surface area (TPSA) is 80.6 Å². The SMILES string of the molecule is CCC[C@H]1[C@H]2C[C@H](CN(C(=O)c3ccc4c(c3)OCC(=O)N4)C2)c2cccc(=O)n21. The van der Waals surface area contributed by atoms with E-state index in [4.69, 9.17) is 4.74 Å². The Morgan fingerprint density at radius 1 is 1.20 bits per heavy atom. The van der Waals surface area contributed by atoms with Gasteiger partial charge < -0.3 is 19.5 Å². The summed E-state index contributed by atoms with van der Waals surface area (Å²) in [6, 6.07) is 10.8. The Labute approximate surface area is 174 Å². The molecule has 0 aliphatic carbocycles. The smallest absolute Gasteiger partial charge is 0.262 e. The Morgan fingerprint density at radius 3 is 2.90 bits per heavy atom. The minimum atomic E-state index is -0.193. The molecule has 1 N–H and O–H groups in total. The number of rotatable bonds is 3. The monoisotopic (exact) mass is 407 g/mol. The number of nitrogens with one attached hydrogen (secondary N) is 1. The normalized spacial score (nSPS) is 24.4. The Bertz CT molecular complexity index is 1080. The summed E-state index contributed by atoms with van der Waals surface area (Å²) >= 11 is 0. The van der Waals surface area contributed by atoms with Gasteiger partial charge in [-0.15, -0.1) is 0 Å². The van der Waals surface area contributed by atoms with E-state index in [9.17, 15) is 14.4 Å². The third-order valence-corrected chi connectivity index (χ3v) is 6.53. The van der Waals surface area contributed by atoms with Crippen molar-refractivity contribution in [2.75, 3.05) is 25.0 Å². The van der Waals surface area contributed by atoms with Gasteiger partial charge in [-0.3, -0.25) is 14.4 Å². The first-order valence-electron chi connectivity index (χ1n) is 10.6. The number of benzene rings is 1. The summed E-state index contributed by atoms with van der Waals surface area (Å²) in [4.78, 5) is 39.4. The molecule has 2 amide bonds. The van der Waals surface area contributed by atoms with E-state index in [-0.39, 0.29) is 41.9 Å². The second kappa shape index (κ2) is 7.31. The Hall–Kier alpha value is -3.09. The number of fused-ring (bicyclic) bond motifs is 5. The summed E-state index contributed by atoms with van der Waals surface area (Å²) in [5.74, 6) is 0.742. The lowest BCUT2D eigenvalue weighted by atomic mass is 9.77. The predicted molar refractivity (Wildman–Crippen MR) is 112 cm³/mol. The van der Waals surface area contributed by atoms with Gasteiger partial charge in [-0.1, -0.05) is 19.4 Å². The quantitative estimate of drug-likeness (QED) is 0.848. The third kappa shape index (κ3) is 3.09. The van der Waals surface area contributed by atoms with Crippen LogP contribution < -0.4 is 15.6 Å². The van der Waals surface area contributed by atoms with Crippen LogP contribution in [0.15, 0.2) is 41.2 Å². The number of hydrogen-bond donors (Lipinski definition) is 1. The molecule has 5 rings (SSSR count). The first-order valence-corrected chi connectivity index (χ1v) is 10.6. The van der Waals surface area contributed by atoms with E-state index in [2.05, 4.69) is 12.2 Å². The summed E-state index contributed by atoms with van der Waals surface area (Å²) in [6.45, 7) is 3.35. The van der Waals surface area contributed by atoms with E-state index in [0.717, 1.165) is 25.0 Å². The summed E-state index contributed by atoms with van der Waals surface area (Å²) in [7, 11) is 0. The molecular formula is C23H25N3O4. The van der Waals surface area contributed by atoms with E-state index in [0.29, 0.717) is 30.1 Å². The third-order valence-electron chi connectivity index (χ3n) is 6.53. The van der Waals surface area contributed by atoms with Gasteiger partial charge in [-0.05, 0) is 43.0 Å². The van der Waals surface area contributed by atoms with Crippen LogP contribution in [-0.4, -0.2) is 41.0 Å². The van der Waals surface area contributed by atoms with E-state index in [1.807, 2.05) is 21.6 Å². The number of amides is 2. The van der Waals surface area contributed by atoms with Crippen LogP contribution in [0.3, 0.4) is 0 Å². The predicted octanol–water partition coefficient (Wildman–Crippen LogP) is 2.78. The molecule has 0 unspecified atom stereocenters. The molecular weight excluding hydrogens is 382 g/mol. The fourth-order valence-electron chi connectivity index (χ4n) is 5.26. The molecule has 156 valence electrons. The molecule has 7 nitrogen and oxygen atoms in total. The number of anilines is 1. The van der Waals surface area contributed by atoms with Crippen LogP contribution in [0.25, 0.3) is 0 Å². The van der Waals surface area contributed by atoms with Crippen molar-refractivity contribution >= 4 is 17.5 Å². The average Bonchev–Trinajstić information content (AvgIpc) is 2.76. The maximum Gasteiger partial charge on any atom is 0.262 e. The number of hydrogen-bond acceptors (Lipinski definition) is 4. The number of carbonyl (C=O) groups is 2. The zero-order valence-corrected chi connectivity index (χ0v) is 17.0. The van der Waals surface area contributed by atoms with Crippen LogP contribution in [0.1, 0.15) is 54.2 Å². The maximum absolute atomic E-state index is 13.3. The van der Waals surface area contributed by atoms with Crippen molar-refractivity contribution in [3.63, 3.8) is 0 Å². The molecule has 0 saturated carbocycles. The zero-order valence-electron chi connectivity index (χ0n) is 17.0. The number of pyridine rings is 1. The molecule has 3 aliphatic heterocycles. The van der Waals surface area contributed by atoms with Gasteiger partial charge in [0.05, 0.1) is 5.69 Å².